The predicted molar refractivity (Wildman–Crippen MR) is 216 cm³/mol. The number of anilines is 2. The van der Waals surface area contributed by atoms with Gasteiger partial charge >= 0.3 is 0 Å². The Balaban J connectivity index is 0.000000573. The number of halogens is 3. The molecular weight excluding hydrogens is 801 g/mol. The lowest BCUT2D eigenvalue weighted by Crippen LogP contribution is -2.44. The van der Waals surface area contributed by atoms with Gasteiger partial charge in [-0.15, -0.1) is 37.2 Å². The van der Waals surface area contributed by atoms with Crippen molar-refractivity contribution in [3.63, 3.8) is 0 Å². The number of ketones is 2. The van der Waals surface area contributed by atoms with Gasteiger partial charge in [-0.25, -0.2) is 0 Å². The first-order valence-corrected chi connectivity index (χ1v) is 17.8. The molecule has 0 radical (unpaired) electrons. The monoisotopic (exact) mass is 857 g/mol. The Morgan fingerprint density at radius 3 is 1.71 bits per heavy atom. The highest BCUT2D eigenvalue weighted by atomic mass is 35.5. The molecule has 2 heterocycles. The largest absolute Gasteiger partial charge is 0.507 e. The molecule has 1 aliphatic carbocycles. The molecule has 0 aromatic heterocycles. The summed E-state index contributed by atoms with van der Waals surface area (Å²) in [5.74, 6) is -2.59. The van der Waals surface area contributed by atoms with Gasteiger partial charge in [-0.3, -0.25) is 9.59 Å². The quantitative estimate of drug-likeness (QED) is 0.0589. The van der Waals surface area contributed by atoms with Crippen molar-refractivity contribution >= 4 is 60.2 Å². The summed E-state index contributed by atoms with van der Waals surface area (Å²) in [6.07, 6.45) is -2.17. The van der Waals surface area contributed by atoms with Crippen LogP contribution in [0.15, 0.2) is 24.3 Å². The predicted octanol–water partition coefficient (Wildman–Crippen LogP) is 0.679. The summed E-state index contributed by atoms with van der Waals surface area (Å²) < 4.78 is 23.0. The second kappa shape index (κ2) is 24.4. The minimum absolute atomic E-state index is 0. The van der Waals surface area contributed by atoms with E-state index in [9.17, 15) is 24.9 Å². The molecule has 2 aromatic carbocycles. The van der Waals surface area contributed by atoms with Crippen LogP contribution in [0.3, 0.4) is 0 Å². The fraction of sp³-hybridized carbons (Fsp3) is 0.611. The van der Waals surface area contributed by atoms with Crippen molar-refractivity contribution in [2.24, 2.45) is 0 Å². The van der Waals surface area contributed by atoms with Gasteiger partial charge in [-0.1, -0.05) is 0 Å². The number of rotatable bonds is 19. The zero-order valence-corrected chi connectivity index (χ0v) is 34.4. The second-order valence-electron chi connectivity index (χ2n) is 13.5. The van der Waals surface area contributed by atoms with Crippen LogP contribution in [0, 0.1) is 0 Å². The lowest BCUT2D eigenvalue weighted by molar-refractivity contribution is -0.231. The lowest BCUT2D eigenvalue weighted by Gasteiger charge is -2.28. The van der Waals surface area contributed by atoms with E-state index in [1.807, 2.05) is 27.9 Å². The molecule has 2 aromatic rings. The molecular formula is C36H58Cl3N5O12. The van der Waals surface area contributed by atoms with Crippen molar-refractivity contribution in [2.75, 3.05) is 97.0 Å². The molecule has 10 N–H and O–H groups in total. The number of carbonyl (C=O) groups is 2. The number of nitrogens with zero attached hydrogens (tertiary/aromatic N) is 1. The molecule has 5 atom stereocenters. The van der Waals surface area contributed by atoms with E-state index < -0.39 is 42.0 Å². The van der Waals surface area contributed by atoms with E-state index in [-0.39, 0.29) is 96.9 Å². The van der Waals surface area contributed by atoms with Crippen LogP contribution in [-0.4, -0.2) is 170 Å². The Morgan fingerprint density at radius 1 is 0.768 bits per heavy atom. The summed E-state index contributed by atoms with van der Waals surface area (Å²) in [5, 5.41) is 69.6. The number of hydrogen-bond acceptors (Lipinski definition) is 17. The van der Waals surface area contributed by atoms with Crippen LogP contribution in [0.25, 0.3) is 0 Å². The lowest BCUT2D eigenvalue weighted by atomic mass is 9.81. The number of phenolic OH excluding ortho intramolecular Hbond substituents is 2. The van der Waals surface area contributed by atoms with Crippen LogP contribution in [0.4, 0.5) is 11.4 Å². The maximum atomic E-state index is 13.4. The molecule has 56 heavy (non-hydrogen) atoms. The van der Waals surface area contributed by atoms with E-state index in [1.54, 1.807) is 12.1 Å². The van der Waals surface area contributed by atoms with Gasteiger partial charge in [0.2, 0.25) is 11.6 Å². The number of carbonyl (C=O) groups excluding carboxylic acids is 2. The fourth-order valence-corrected chi connectivity index (χ4v) is 6.35. The number of nitrogens with one attached hydrogen (secondary N) is 4. The maximum absolute atomic E-state index is 13.4. The molecule has 17 nitrogen and oxygen atoms in total. The zero-order valence-electron chi connectivity index (χ0n) is 32.0. The van der Waals surface area contributed by atoms with E-state index in [0.29, 0.717) is 57.3 Å². The van der Waals surface area contributed by atoms with Gasteiger partial charge in [-0.2, -0.15) is 0 Å². The standard InChI is InChI=1S/C22H28N4O6.C14H27NO6.3ClH/c27-11-9-23-5-7-25-13-1-2-14(26-8-6-24-10-12-28)18-17(13)21(31)19-15(29)3-4-16(30)20(19)22(18)32;1-14(2)20-12-11(18-7-5-6-15(3)4)10(9(17)8-16)19-13(12)21-14;;;/h1-4,23-30H,5-12H2;9-13,16-17H,5-8H2,1-4H3;3*1H. The van der Waals surface area contributed by atoms with Gasteiger partial charge in [0.15, 0.2) is 12.1 Å². The van der Waals surface area contributed by atoms with Gasteiger partial charge in [0.05, 0.1) is 42.1 Å². The molecule has 2 aliphatic heterocycles. The molecule has 320 valence electrons. The first-order chi connectivity index (χ1) is 25.3. The van der Waals surface area contributed by atoms with Gasteiger partial charge in [0.1, 0.15) is 35.9 Å². The highest BCUT2D eigenvalue weighted by Gasteiger charge is 2.57. The number of benzene rings is 2. The first-order valence-electron chi connectivity index (χ1n) is 17.8. The van der Waals surface area contributed by atoms with E-state index in [1.165, 1.54) is 12.1 Å². The van der Waals surface area contributed by atoms with Crippen molar-refractivity contribution in [3.8, 4) is 11.5 Å². The average Bonchev–Trinajstić information content (AvgIpc) is 3.61. The Hall–Kier alpha value is -2.59. The van der Waals surface area contributed by atoms with E-state index in [4.69, 9.17) is 34.3 Å². The molecule has 5 unspecified atom stereocenters. The van der Waals surface area contributed by atoms with Gasteiger partial charge in [0.25, 0.3) is 0 Å². The third-order valence-electron chi connectivity index (χ3n) is 8.74. The fourth-order valence-electron chi connectivity index (χ4n) is 6.35. The highest BCUT2D eigenvalue weighted by molar-refractivity contribution is 6.33. The van der Waals surface area contributed by atoms with Gasteiger partial charge < -0.3 is 75.8 Å². The number of aliphatic hydroxyl groups excluding tert-OH is 4. The van der Waals surface area contributed by atoms with E-state index in [0.717, 1.165) is 13.0 Å². The van der Waals surface area contributed by atoms with Crippen LogP contribution in [0.1, 0.15) is 52.1 Å². The Bertz CT molecular complexity index is 1470. The third kappa shape index (κ3) is 13.0. The summed E-state index contributed by atoms with van der Waals surface area (Å²) in [6, 6.07) is 5.74. The first kappa shape index (κ1) is 51.4. The smallest absolute Gasteiger partial charge is 0.200 e. The van der Waals surface area contributed by atoms with Gasteiger partial charge in [0, 0.05) is 57.3 Å². The summed E-state index contributed by atoms with van der Waals surface area (Å²) in [6.45, 7) is 7.50. The van der Waals surface area contributed by atoms with Crippen molar-refractivity contribution in [2.45, 2.75) is 56.8 Å². The number of hydrogen-bond donors (Lipinski definition) is 10. The van der Waals surface area contributed by atoms with Crippen molar-refractivity contribution in [1.82, 2.24) is 15.5 Å². The molecule has 0 amide bonds. The Morgan fingerprint density at radius 2 is 1.27 bits per heavy atom. The zero-order chi connectivity index (χ0) is 38.7. The topological polar surface area (TPSA) is 244 Å². The SMILES string of the molecule is CN(C)CCCOC1C(C(O)CO)OC2OC(C)(C)OC21.Cl.Cl.Cl.O=C1c2c(O)ccc(O)c2C(=O)c2c(NCCNCCO)ccc(NCCNCCO)c21. The number of fused-ring (bicyclic) bond motifs is 3. The molecule has 2 fully saturated rings. The minimum Gasteiger partial charge on any atom is -0.507 e. The summed E-state index contributed by atoms with van der Waals surface area (Å²) in [7, 11) is 4.01. The van der Waals surface area contributed by atoms with E-state index in [2.05, 4.69) is 26.2 Å². The van der Waals surface area contributed by atoms with Crippen molar-refractivity contribution in [1.29, 1.82) is 0 Å². The van der Waals surface area contributed by atoms with Crippen molar-refractivity contribution in [3.05, 3.63) is 46.5 Å². The molecule has 20 heteroatoms. The molecule has 0 saturated carbocycles. The van der Waals surface area contributed by atoms with Crippen LogP contribution < -0.4 is 21.3 Å². The maximum Gasteiger partial charge on any atom is 0.200 e. The molecule has 5 rings (SSSR count). The highest BCUT2D eigenvalue weighted by Crippen LogP contribution is 2.43. The Kier molecular flexibility index (Phi) is 22.4. The molecule has 0 spiro atoms. The number of phenols is 2. The van der Waals surface area contributed by atoms with Crippen LogP contribution in [-0.2, 0) is 18.9 Å². The third-order valence-corrected chi connectivity index (χ3v) is 8.74. The normalized spacial score (nSPS) is 20.7. The van der Waals surface area contributed by atoms with Crippen molar-refractivity contribution < 1.29 is 59.2 Å². The number of aliphatic hydroxyl groups is 4. The van der Waals surface area contributed by atoms with Crippen LogP contribution in [0.5, 0.6) is 11.5 Å². The molecule has 0 bridgehead atoms. The number of ether oxygens (including phenoxy) is 4. The van der Waals surface area contributed by atoms with E-state index >= 15 is 0 Å². The number of aromatic hydroxyl groups is 2. The average molecular weight is 859 g/mol. The van der Waals surface area contributed by atoms with Crippen LogP contribution in [0.2, 0.25) is 0 Å². The van der Waals surface area contributed by atoms with Crippen LogP contribution >= 0.6 is 37.2 Å². The molecule has 2 saturated heterocycles. The summed E-state index contributed by atoms with van der Waals surface area (Å²) in [5.41, 5.74) is 0.678. The Labute approximate surface area is 345 Å². The molecule has 3 aliphatic rings. The minimum atomic E-state index is -1.01. The second-order valence-corrected chi connectivity index (χ2v) is 13.5. The summed E-state index contributed by atoms with van der Waals surface area (Å²) in [4.78, 5) is 28.8. The summed E-state index contributed by atoms with van der Waals surface area (Å²) >= 11 is 0. The van der Waals surface area contributed by atoms with Gasteiger partial charge in [-0.05, 0) is 65.2 Å².